The molecule has 2 aliphatic heterocycles. The van der Waals surface area contributed by atoms with Crippen molar-refractivity contribution in [3.05, 3.63) is 95.6 Å². The summed E-state index contributed by atoms with van der Waals surface area (Å²) in [4.78, 5) is 23.9. The molecule has 194 valence electrons. The summed E-state index contributed by atoms with van der Waals surface area (Å²) in [6.07, 6.45) is 9.12. The second-order valence-electron chi connectivity index (χ2n) is 10.0. The van der Waals surface area contributed by atoms with Gasteiger partial charge in [0.05, 0.1) is 18.4 Å². The van der Waals surface area contributed by atoms with Gasteiger partial charge >= 0.3 is 0 Å². The predicted molar refractivity (Wildman–Crippen MR) is 138 cm³/mol. The van der Waals surface area contributed by atoms with Crippen molar-refractivity contribution in [3.8, 4) is 16.9 Å². The number of aromatic hydroxyl groups is 1. The minimum Gasteiger partial charge on any atom is -0.508 e. The van der Waals surface area contributed by atoms with E-state index in [0.29, 0.717) is 11.1 Å². The Morgan fingerprint density at radius 3 is 2.68 bits per heavy atom. The van der Waals surface area contributed by atoms with Crippen LogP contribution in [0.5, 0.6) is 5.75 Å². The van der Waals surface area contributed by atoms with E-state index in [2.05, 4.69) is 15.1 Å². The molecule has 8 nitrogen and oxygen atoms in total. The number of phenolic OH excluding ortho intramolecular Hbond substituents is 1. The van der Waals surface area contributed by atoms with Crippen LogP contribution >= 0.6 is 0 Å². The molecule has 9 heteroatoms. The first-order valence-electron chi connectivity index (χ1n) is 12.8. The van der Waals surface area contributed by atoms with Gasteiger partial charge in [-0.05, 0) is 68.0 Å². The minimum absolute atomic E-state index is 0.0840. The van der Waals surface area contributed by atoms with Crippen molar-refractivity contribution in [1.29, 1.82) is 0 Å². The maximum absolute atomic E-state index is 15.2. The molecule has 1 N–H and O–H groups in total. The Hall–Kier alpha value is -4.11. The molecule has 0 radical (unpaired) electrons. The molecular formula is C29H28FN5O3. The monoisotopic (exact) mass is 513 g/mol. The number of rotatable bonds is 5. The van der Waals surface area contributed by atoms with E-state index in [0.717, 1.165) is 48.8 Å². The number of carbonyl (C=O) groups excluding carboxylic acids is 1. The van der Waals surface area contributed by atoms with E-state index in [1.54, 1.807) is 35.4 Å². The van der Waals surface area contributed by atoms with Crippen molar-refractivity contribution < 1.29 is 19.0 Å². The number of carbonyl (C=O) groups is 1. The van der Waals surface area contributed by atoms with Gasteiger partial charge in [-0.1, -0.05) is 24.3 Å². The van der Waals surface area contributed by atoms with E-state index in [4.69, 9.17) is 4.74 Å². The topological polar surface area (TPSA) is 93.4 Å². The number of nitrogens with zero attached hydrogens (tertiary/aromatic N) is 5. The van der Waals surface area contributed by atoms with Crippen LogP contribution in [0.1, 0.15) is 72.6 Å². The van der Waals surface area contributed by atoms with E-state index in [9.17, 15) is 9.90 Å². The third-order valence-corrected chi connectivity index (χ3v) is 7.75. The summed E-state index contributed by atoms with van der Waals surface area (Å²) in [6.45, 7) is 4.43. The van der Waals surface area contributed by atoms with Gasteiger partial charge in [-0.3, -0.25) is 4.79 Å². The van der Waals surface area contributed by atoms with Crippen LogP contribution in [0.15, 0.2) is 67.4 Å². The second kappa shape index (κ2) is 9.33. The Kier molecular flexibility index (Phi) is 5.95. The lowest BCUT2D eigenvalue weighted by molar-refractivity contribution is -0.0394. The molecule has 2 aromatic carbocycles. The second-order valence-corrected chi connectivity index (χ2v) is 10.0. The molecule has 2 aromatic heterocycles. The summed E-state index contributed by atoms with van der Waals surface area (Å²) in [5.41, 5.74) is 2.60. The maximum atomic E-state index is 15.2. The summed E-state index contributed by atoms with van der Waals surface area (Å²) >= 11 is 0. The number of phenols is 1. The molecular weight excluding hydrogens is 485 g/mol. The first-order chi connectivity index (χ1) is 18.4. The summed E-state index contributed by atoms with van der Waals surface area (Å²) in [5, 5.41) is 14.3. The standard InChI is InChI=1S/C29H28FN5O3/c1-18(19-6-9-22(36)10-7-19)35-28(37)23-13-20(21-14-33-34(16-21)26-5-3-4-12-38-26)8-11-24(23)29(35,2)27-25(30)15-31-17-32-27/h6-11,13-18,26,36H,3-5,12H2,1-2H3/t18-,26?,29?/m1/s1. The molecule has 0 saturated carbocycles. The summed E-state index contributed by atoms with van der Waals surface area (Å²) in [5.74, 6) is -0.687. The lowest BCUT2D eigenvalue weighted by atomic mass is 9.85. The number of halogens is 1. The minimum atomic E-state index is -1.19. The van der Waals surface area contributed by atoms with Crippen LogP contribution in [-0.4, -0.2) is 42.3 Å². The molecule has 3 atom stereocenters. The summed E-state index contributed by atoms with van der Waals surface area (Å²) in [6, 6.07) is 11.9. The average Bonchev–Trinajstić information content (AvgIpc) is 3.52. The van der Waals surface area contributed by atoms with Crippen LogP contribution in [-0.2, 0) is 10.3 Å². The molecule has 1 amide bonds. The van der Waals surface area contributed by atoms with Crippen molar-refractivity contribution in [2.24, 2.45) is 0 Å². The SMILES string of the molecule is C[C@H](c1ccc(O)cc1)N1C(=O)c2cc(-c3cnn(C4CCCCO4)c3)ccc2C1(C)c1ncncc1F. The Balaban J connectivity index is 1.44. The number of hydrogen-bond donors (Lipinski definition) is 1. The van der Waals surface area contributed by atoms with Gasteiger partial charge in [0.1, 0.15) is 29.5 Å². The molecule has 4 heterocycles. The van der Waals surface area contributed by atoms with Crippen LogP contribution < -0.4 is 0 Å². The zero-order valence-corrected chi connectivity index (χ0v) is 21.2. The average molecular weight is 514 g/mol. The van der Waals surface area contributed by atoms with Crippen molar-refractivity contribution in [2.45, 2.75) is 50.9 Å². The predicted octanol–water partition coefficient (Wildman–Crippen LogP) is 5.36. The molecule has 0 bridgehead atoms. The molecule has 2 aliphatic rings. The zero-order valence-electron chi connectivity index (χ0n) is 21.2. The van der Waals surface area contributed by atoms with E-state index in [1.807, 2.05) is 42.9 Å². The molecule has 38 heavy (non-hydrogen) atoms. The lowest BCUT2D eigenvalue weighted by Gasteiger charge is -2.40. The summed E-state index contributed by atoms with van der Waals surface area (Å²) < 4.78 is 22.9. The van der Waals surface area contributed by atoms with Crippen LogP contribution in [0.25, 0.3) is 11.1 Å². The van der Waals surface area contributed by atoms with Gasteiger partial charge in [-0.25, -0.2) is 19.0 Å². The number of fused-ring (bicyclic) bond motifs is 1. The molecule has 1 saturated heterocycles. The molecule has 6 rings (SSSR count). The number of benzene rings is 2. The van der Waals surface area contributed by atoms with Crippen molar-refractivity contribution in [3.63, 3.8) is 0 Å². The van der Waals surface area contributed by atoms with Crippen molar-refractivity contribution >= 4 is 5.91 Å². The van der Waals surface area contributed by atoms with Gasteiger partial charge in [0.25, 0.3) is 5.91 Å². The van der Waals surface area contributed by atoms with E-state index < -0.39 is 17.4 Å². The fraction of sp³-hybridized carbons (Fsp3) is 0.310. The first-order valence-corrected chi connectivity index (χ1v) is 12.8. The van der Waals surface area contributed by atoms with Gasteiger partial charge in [-0.2, -0.15) is 5.10 Å². The largest absolute Gasteiger partial charge is 0.508 e. The lowest BCUT2D eigenvalue weighted by Crippen LogP contribution is -2.45. The van der Waals surface area contributed by atoms with E-state index in [1.165, 1.54) is 6.33 Å². The van der Waals surface area contributed by atoms with Gasteiger partial charge in [0, 0.05) is 23.9 Å². The van der Waals surface area contributed by atoms with E-state index in [-0.39, 0.29) is 23.6 Å². The molecule has 2 unspecified atom stereocenters. The highest BCUT2D eigenvalue weighted by atomic mass is 19.1. The van der Waals surface area contributed by atoms with Crippen LogP contribution in [0.2, 0.25) is 0 Å². The molecule has 1 fully saturated rings. The quantitative estimate of drug-likeness (QED) is 0.386. The number of ether oxygens (including phenoxy) is 1. The normalized spacial score (nSPS) is 21.9. The fourth-order valence-electron chi connectivity index (χ4n) is 5.74. The van der Waals surface area contributed by atoms with Crippen molar-refractivity contribution in [1.82, 2.24) is 24.6 Å². The van der Waals surface area contributed by atoms with Gasteiger partial charge < -0.3 is 14.7 Å². The first kappa shape index (κ1) is 24.2. The highest BCUT2D eigenvalue weighted by Crippen LogP contribution is 2.49. The van der Waals surface area contributed by atoms with Gasteiger partial charge in [0.15, 0.2) is 5.82 Å². The smallest absolute Gasteiger partial charge is 0.255 e. The number of hydrogen-bond acceptors (Lipinski definition) is 6. The molecule has 0 spiro atoms. The highest BCUT2D eigenvalue weighted by molar-refractivity contribution is 6.02. The Bertz CT molecular complexity index is 1500. The highest BCUT2D eigenvalue weighted by Gasteiger charge is 2.52. The Labute approximate surface area is 219 Å². The summed E-state index contributed by atoms with van der Waals surface area (Å²) in [7, 11) is 0. The van der Waals surface area contributed by atoms with E-state index >= 15 is 4.39 Å². The number of aromatic nitrogens is 4. The third-order valence-electron chi connectivity index (χ3n) is 7.75. The zero-order chi connectivity index (χ0) is 26.4. The molecule has 0 aliphatic carbocycles. The Morgan fingerprint density at radius 2 is 1.95 bits per heavy atom. The molecule has 4 aromatic rings. The van der Waals surface area contributed by atoms with Crippen LogP contribution in [0.3, 0.4) is 0 Å². The van der Waals surface area contributed by atoms with Gasteiger partial charge in [0.2, 0.25) is 0 Å². The third kappa shape index (κ3) is 3.85. The van der Waals surface area contributed by atoms with Gasteiger partial charge in [-0.15, -0.1) is 0 Å². The fourth-order valence-corrected chi connectivity index (χ4v) is 5.74. The number of amides is 1. The van der Waals surface area contributed by atoms with Crippen LogP contribution in [0, 0.1) is 5.82 Å². The Morgan fingerprint density at radius 1 is 1.13 bits per heavy atom. The maximum Gasteiger partial charge on any atom is 0.255 e. The van der Waals surface area contributed by atoms with Crippen molar-refractivity contribution in [2.75, 3.05) is 6.61 Å². The van der Waals surface area contributed by atoms with Crippen LogP contribution in [0.4, 0.5) is 4.39 Å².